The molecule has 0 saturated carbocycles. The van der Waals surface area contributed by atoms with Gasteiger partial charge >= 0.3 is 0 Å². The Bertz CT molecular complexity index is 1210. The van der Waals surface area contributed by atoms with Gasteiger partial charge in [0.2, 0.25) is 0 Å². The third kappa shape index (κ3) is 3.43. The van der Waals surface area contributed by atoms with Crippen molar-refractivity contribution in [3.8, 4) is 33.9 Å². The molecule has 0 aliphatic heterocycles. The lowest BCUT2D eigenvalue weighted by Crippen LogP contribution is -2.01. The van der Waals surface area contributed by atoms with Crippen LogP contribution < -0.4 is 0 Å². The number of nitrogens with one attached hydrogen (secondary N) is 1. The number of imidazole rings is 1. The van der Waals surface area contributed by atoms with Crippen LogP contribution in [0.25, 0.3) is 33.9 Å². The zero-order chi connectivity index (χ0) is 19.5. The molecular formula is C23H18N6. The van der Waals surface area contributed by atoms with Crippen molar-refractivity contribution in [2.75, 3.05) is 0 Å². The molecule has 0 radical (unpaired) electrons. The molecule has 2 heterocycles. The first-order chi connectivity index (χ1) is 14.4. The van der Waals surface area contributed by atoms with E-state index in [9.17, 15) is 0 Å². The second-order valence-corrected chi connectivity index (χ2v) is 6.74. The Labute approximate surface area is 167 Å². The molecule has 0 aliphatic carbocycles. The highest BCUT2D eigenvalue weighted by atomic mass is 15.5. The van der Waals surface area contributed by atoms with E-state index in [1.165, 1.54) is 5.56 Å². The summed E-state index contributed by atoms with van der Waals surface area (Å²) in [5.74, 6) is 1.63. The van der Waals surface area contributed by atoms with Gasteiger partial charge in [-0.05, 0) is 27.1 Å². The molecular weight excluding hydrogens is 360 g/mol. The Balaban J connectivity index is 1.43. The third-order valence-corrected chi connectivity index (χ3v) is 4.89. The van der Waals surface area contributed by atoms with Crippen molar-refractivity contribution in [1.29, 1.82) is 0 Å². The molecule has 0 atom stereocenters. The molecule has 1 N–H and O–H groups in total. The number of tetrazole rings is 1. The third-order valence-electron chi connectivity index (χ3n) is 4.89. The van der Waals surface area contributed by atoms with Crippen molar-refractivity contribution in [2.45, 2.75) is 6.54 Å². The van der Waals surface area contributed by atoms with Crippen LogP contribution in [0.5, 0.6) is 0 Å². The monoisotopic (exact) mass is 378 g/mol. The van der Waals surface area contributed by atoms with Crippen molar-refractivity contribution >= 4 is 0 Å². The van der Waals surface area contributed by atoms with E-state index >= 15 is 0 Å². The van der Waals surface area contributed by atoms with Crippen molar-refractivity contribution in [3.63, 3.8) is 0 Å². The highest BCUT2D eigenvalue weighted by Crippen LogP contribution is 2.30. The van der Waals surface area contributed by atoms with Gasteiger partial charge in [-0.3, -0.25) is 0 Å². The van der Waals surface area contributed by atoms with Gasteiger partial charge in [0.1, 0.15) is 5.82 Å². The van der Waals surface area contributed by atoms with E-state index in [-0.39, 0.29) is 0 Å². The number of nitrogens with zero attached hydrogens (tertiary/aromatic N) is 5. The molecule has 0 fully saturated rings. The summed E-state index contributed by atoms with van der Waals surface area (Å²) in [4.78, 5) is 4.53. The van der Waals surface area contributed by atoms with Gasteiger partial charge in [0.15, 0.2) is 5.82 Å². The van der Waals surface area contributed by atoms with Gasteiger partial charge < -0.3 is 4.57 Å². The summed E-state index contributed by atoms with van der Waals surface area (Å²) in [7, 11) is 0. The van der Waals surface area contributed by atoms with Crippen LogP contribution in [0.1, 0.15) is 5.56 Å². The maximum Gasteiger partial charge on any atom is 0.180 e. The first kappa shape index (κ1) is 17.1. The number of rotatable bonds is 5. The van der Waals surface area contributed by atoms with Crippen LogP contribution in [0.15, 0.2) is 91.3 Å². The predicted octanol–water partition coefficient (Wildman–Crippen LogP) is 4.45. The summed E-state index contributed by atoms with van der Waals surface area (Å²) in [6.07, 6.45) is 3.86. The zero-order valence-electron chi connectivity index (χ0n) is 15.6. The summed E-state index contributed by atoms with van der Waals surface area (Å²) < 4.78 is 2.17. The lowest BCUT2D eigenvalue weighted by molar-refractivity contribution is 0.807. The van der Waals surface area contributed by atoms with Crippen molar-refractivity contribution < 1.29 is 0 Å². The van der Waals surface area contributed by atoms with E-state index in [1.54, 1.807) is 0 Å². The van der Waals surface area contributed by atoms with Gasteiger partial charge in [-0.1, -0.05) is 78.9 Å². The highest BCUT2D eigenvalue weighted by Gasteiger charge is 2.10. The Kier molecular flexibility index (Phi) is 4.42. The average Bonchev–Trinajstić information content (AvgIpc) is 3.47. The van der Waals surface area contributed by atoms with E-state index in [2.05, 4.69) is 72.6 Å². The van der Waals surface area contributed by atoms with E-state index < -0.39 is 0 Å². The number of aromatic nitrogens is 6. The second-order valence-electron chi connectivity index (χ2n) is 6.74. The van der Waals surface area contributed by atoms with E-state index in [4.69, 9.17) is 0 Å². The fraction of sp³-hybridized carbons (Fsp3) is 0.0435. The molecule has 0 aliphatic rings. The molecule has 29 heavy (non-hydrogen) atoms. The molecule has 0 bridgehead atoms. The summed E-state index contributed by atoms with van der Waals surface area (Å²) in [5, 5.41) is 14.3. The SMILES string of the molecule is c1ccc(-c2nccn2Cc2ccc(-c3ccccc3-c3nnn[nH]3)cc2)cc1. The number of benzene rings is 3. The van der Waals surface area contributed by atoms with Gasteiger partial charge in [-0.25, -0.2) is 10.1 Å². The smallest absolute Gasteiger partial charge is 0.180 e. The molecule has 0 unspecified atom stereocenters. The standard InChI is InChI=1S/C23H18N6/c1-2-6-19(7-3-1)23-24-14-15-29(23)16-17-10-12-18(13-11-17)20-8-4-5-9-21(20)22-25-27-28-26-22/h1-15H,16H2,(H,25,26,27,28). The number of hydrogen-bond acceptors (Lipinski definition) is 4. The predicted molar refractivity (Wildman–Crippen MR) is 112 cm³/mol. The fourth-order valence-electron chi connectivity index (χ4n) is 3.49. The normalized spacial score (nSPS) is 10.9. The molecule has 0 saturated heterocycles. The van der Waals surface area contributed by atoms with Gasteiger partial charge in [0.05, 0.1) is 0 Å². The summed E-state index contributed by atoms with van der Waals surface area (Å²) in [5.41, 5.74) is 5.51. The van der Waals surface area contributed by atoms with Gasteiger partial charge in [0, 0.05) is 30.1 Å². The van der Waals surface area contributed by atoms with E-state index in [0.29, 0.717) is 5.82 Å². The Morgan fingerprint density at radius 1 is 0.759 bits per heavy atom. The average molecular weight is 378 g/mol. The zero-order valence-corrected chi connectivity index (χ0v) is 15.6. The van der Waals surface area contributed by atoms with E-state index in [1.807, 2.05) is 48.8 Å². The molecule has 5 aromatic rings. The van der Waals surface area contributed by atoms with E-state index in [0.717, 1.165) is 34.6 Å². The maximum absolute atomic E-state index is 4.53. The van der Waals surface area contributed by atoms with Crippen LogP contribution >= 0.6 is 0 Å². The minimum Gasteiger partial charge on any atom is -0.327 e. The van der Waals surface area contributed by atoms with Crippen molar-refractivity contribution in [3.05, 3.63) is 96.8 Å². The minimum absolute atomic E-state index is 0.663. The Morgan fingerprint density at radius 2 is 1.52 bits per heavy atom. The lowest BCUT2D eigenvalue weighted by Gasteiger charge is -2.10. The Hall–Kier alpha value is -4.06. The molecule has 5 rings (SSSR count). The molecule has 6 heteroatoms. The van der Waals surface area contributed by atoms with Crippen LogP contribution in [0.2, 0.25) is 0 Å². The largest absolute Gasteiger partial charge is 0.327 e. The number of H-pyrrole nitrogens is 1. The quantitative estimate of drug-likeness (QED) is 0.491. The molecule has 0 spiro atoms. The maximum atomic E-state index is 4.53. The molecule has 3 aromatic carbocycles. The van der Waals surface area contributed by atoms with Crippen LogP contribution in [-0.4, -0.2) is 30.2 Å². The van der Waals surface area contributed by atoms with Crippen LogP contribution in [0, 0.1) is 0 Å². The minimum atomic E-state index is 0.663. The number of hydrogen-bond donors (Lipinski definition) is 1. The summed E-state index contributed by atoms with van der Waals surface area (Å²) >= 11 is 0. The molecule has 6 nitrogen and oxygen atoms in total. The highest BCUT2D eigenvalue weighted by molar-refractivity contribution is 5.80. The summed E-state index contributed by atoms with van der Waals surface area (Å²) in [6.45, 7) is 0.762. The van der Waals surface area contributed by atoms with Crippen LogP contribution in [0.4, 0.5) is 0 Å². The number of aromatic amines is 1. The lowest BCUT2D eigenvalue weighted by atomic mass is 9.98. The van der Waals surface area contributed by atoms with Crippen LogP contribution in [0.3, 0.4) is 0 Å². The first-order valence-corrected chi connectivity index (χ1v) is 9.37. The van der Waals surface area contributed by atoms with Gasteiger partial charge in [-0.15, -0.1) is 5.10 Å². The van der Waals surface area contributed by atoms with Gasteiger partial charge in [0.25, 0.3) is 0 Å². The van der Waals surface area contributed by atoms with Crippen molar-refractivity contribution in [2.24, 2.45) is 0 Å². The van der Waals surface area contributed by atoms with Gasteiger partial charge in [-0.2, -0.15) is 0 Å². The van der Waals surface area contributed by atoms with Crippen molar-refractivity contribution in [1.82, 2.24) is 30.2 Å². The second kappa shape index (κ2) is 7.52. The summed E-state index contributed by atoms with van der Waals surface area (Å²) in [6, 6.07) is 26.9. The first-order valence-electron chi connectivity index (χ1n) is 9.37. The molecule has 2 aromatic heterocycles. The van der Waals surface area contributed by atoms with Crippen LogP contribution in [-0.2, 0) is 6.54 Å². The molecule has 140 valence electrons. The fourth-order valence-corrected chi connectivity index (χ4v) is 3.49. The Morgan fingerprint density at radius 3 is 2.28 bits per heavy atom. The molecule has 0 amide bonds. The topological polar surface area (TPSA) is 72.3 Å².